The van der Waals surface area contributed by atoms with Crippen LogP contribution in [0.25, 0.3) is 0 Å². The fourth-order valence-corrected chi connectivity index (χ4v) is 3.47. The Morgan fingerprint density at radius 1 is 1.36 bits per heavy atom. The predicted molar refractivity (Wildman–Crippen MR) is 94.1 cm³/mol. The second-order valence-electron chi connectivity index (χ2n) is 7.18. The molecule has 1 aliphatic rings. The summed E-state index contributed by atoms with van der Waals surface area (Å²) in [6.45, 7) is 9.93. The lowest BCUT2D eigenvalue weighted by Gasteiger charge is -2.39. The van der Waals surface area contributed by atoms with Gasteiger partial charge in [0.15, 0.2) is 0 Å². The average molecular weight is 368 g/mol. The van der Waals surface area contributed by atoms with E-state index in [-0.39, 0.29) is 11.3 Å². The van der Waals surface area contributed by atoms with Crippen molar-refractivity contribution in [1.29, 1.82) is 0 Å². The number of piperidine rings is 1. The van der Waals surface area contributed by atoms with Gasteiger partial charge in [0.2, 0.25) is 5.91 Å². The van der Waals surface area contributed by atoms with Crippen LogP contribution in [0.5, 0.6) is 0 Å². The average Bonchev–Trinajstić information content (AvgIpc) is 2.45. The fraction of sp³-hybridized carbons (Fsp3) is 0.647. The van der Waals surface area contributed by atoms with Crippen LogP contribution < -0.4 is 4.90 Å². The van der Waals surface area contributed by atoms with Crippen LogP contribution in [-0.2, 0) is 4.79 Å². The highest BCUT2D eigenvalue weighted by Gasteiger charge is 2.31. The Balaban J connectivity index is 2.00. The first-order chi connectivity index (χ1) is 10.2. The second kappa shape index (κ2) is 6.57. The van der Waals surface area contributed by atoms with E-state index in [9.17, 15) is 4.79 Å². The van der Waals surface area contributed by atoms with Crippen molar-refractivity contribution in [3.05, 3.63) is 22.3 Å². The molecule has 2 rings (SSSR count). The van der Waals surface area contributed by atoms with Crippen molar-refractivity contribution in [1.82, 2.24) is 9.88 Å². The van der Waals surface area contributed by atoms with Crippen LogP contribution in [-0.4, -0.2) is 42.0 Å². The number of rotatable bonds is 2. The first kappa shape index (κ1) is 17.3. The van der Waals surface area contributed by atoms with Gasteiger partial charge in [-0.3, -0.25) is 4.79 Å². The molecular weight excluding hydrogens is 342 g/mol. The minimum absolute atomic E-state index is 0.226. The molecule has 0 bridgehead atoms. The molecule has 122 valence electrons. The molecule has 0 atom stereocenters. The van der Waals surface area contributed by atoms with Gasteiger partial charge in [-0.15, -0.1) is 0 Å². The van der Waals surface area contributed by atoms with E-state index in [1.807, 2.05) is 38.9 Å². The van der Waals surface area contributed by atoms with Gasteiger partial charge in [0.1, 0.15) is 5.82 Å². The highest BCUT2D eigenvalue weighted by Crippen LogP contribution is 2.27. The maximum absolute atomic E-state index is 12.4. The molecule has 0 saturated carbocycles. The Labute approximate surface area is 142 Å². The molecule has 0 radical (unpaired) electrons. The molecule has 4 nitrogen and oxygen atoms in total. The lowest BCUT2D eigenvalue weighted by molar-refractivity contribution is -0.140. The van der Waals surface area contributed by atoms with Crippen molar-refractivity contribution in [3.8, 4) is 0 Å². The first-order valence-electron chi connectivity index (χ1n) is 7.84. The Bertz CT molecular complexity index is 545. The van der Waals surface area contributed by atoms with E-state index in [1.165, 1.54) is 5.56 Å². The molecule has 1 aliphatic heterocycles. The summed E-state index contributed by atoms with van der Waals surface area (Å²) in [5.74, 6) is 1.29. The molecule has 1 fully saturated rings. The summed E-state index contributed by atoms with van der Waals surface area (Å²) in [6.07, 6.45) is 3.84. The number of hydrogen-bond donors (Lipinski definition) is 0. The summed E-state index contributed by atoms with van der Waals surface area (Å²) in [5.41, 5.74) is 0.877. The number of halogens is 1. The maximum Gasteiger partial charge on any atom is 0.227 e. The van der Waals surface area contributed by atoms with Crippen LogP contribution in [0.2, 0.25) is 0 Å². The highest BCUT2D eigenvalue weighted by atomic mass is 79.9. The first-order valence-corrected chi connectivity index (χ1v) is 8.64. The number of hydrogen-bond acceptors (Lipinski definition) is 3. The molecule has 1 amide bonds. The second-order valence-corrected chi connectivity index (χ2v) is 8.09. The Morgan fingerprint density at radius 3 is 2.45 bits per heavy atom. The van der Waals surface area contributed by atoms with Gasteiger partial charge in [0, 0.05) is 42.3 Å². The van der Waals surface area contributed by atoms with Crippen molar-refractivity contribution < 1.29 is 4.79 Å². The van der Waals surface area contributed by atoms with Gasteiger partial charge < -0.3 is 9.80 Å². The van der Waals surface area contributed by atoms with Gasteiger partial charge in [-0.2, -0.15) is 0 Å². The van der Waals surface area contributed by atoms with E-state index in [4.69, 9.17) is 0 Å². The molecule has 22 heavy (non-hydrogen) atoms. The van der Waals surface area contributed by atoms with Gasteiger partial charge in [0.25, 0.3) is 0 Å². The van der Waals surface area contributed by atoms with Crippen LogP contribution in [0.15, 0.2) is 16.7 Å². The molecule has 1 aromatic rings. The molecule has 0 unspecified atom stereocenters. The van der Waals surface area contributed by atoms with E-state index >= 15 is 0 Å². The Kier molecular flexibility index (Phi) is 5.15. The van der Waals surface area contributed by atoms with Gasteiger partial charge >= 0.3 is 0 Å². The Hall–Kier alpha value is -1.10. The Morgan fingerprint density at radius 2 is 1.95 bits per heavy atom. The summed E-state index contributed by atoms with van der Waals surface area (Å²) in [5, 5.41) is 0. The molecule has 1 saturated heterocycles. The minimum Gasteiger partial charge on any atom is -0.356 e. The highest BCUT2D eigenvalue weighted by molar-refractivity contribution is 9.10. The number of carbonyl (C=O) groups is 1. The molecule has 0 aliphatic carbocycles. The predicted octanol–water partition coefficient (Wildman–Crippen LogP) is 3.63. The maximum atomic E-state index is 12.4. The lowest BCUT2D eigenvalue weighted by Crippen LogP contribution is -2.49. The van der Waals surface area contributed by atoms with E-state index in [1.54, 1.807) is 0 Å². The standard InChI is InChI=1S/C17H26BrN3O/c1-12-10-13(18)11-19-15(12)21-8-6-14(7-9-21)20(5)16(22)17(2,3)4/h10-11,14H,6-9H2,1-5H3. The number of pyridine rings is 1. The van der Waals surface area contributed by atoms with Crippen LogP contribution in [0, 0.1) is 12.3 Å². The van der Waals surface area contributed by atoms with E-state index in [0.29, 0.717) is 6.04 Å². The third kappa shape index (κ3) is 3.80. The lowest BCUT2D eigenvalue weighted by atomic mass is 9.92. The van der Waals surface area contributed by atoms with Gasteiger partial charge in [-0.05, 0) is 47.3 Å². The third-order valence-electron chi connectivity index (χ3n) is 4.29. The monoisotopic (exact) mass is 367 g/mol. The van der Waals surface area contributed by atoms with Crippen molar-refractivity contribution in [2.45, 2.75) is 46.6 Å². The van der Waals surface area contributed by atoms with Crippen LogP contribution >= 0.6 is 15.9 Å². The summed E-state index contributed by atoms with van der Waals surface area (Å²) >= 11 is 3.46. The zero-order valence-electron chi connectivity index (χ0n) is 14.2. The summed E-state index contributed by atoms with van der Waals surface area (Å²) in [7, 11) is 1.94. The normalized spacial score (nSPS) is 16.7. The molecule has 0 spiro atoms. The van der Waals surface area contributed by atoms with E-state index in [2.05, 4.69) is 38.8 Å². The molecular formula is C17H26BrN3O. The van der Waals surface area contributed by atoms with Gasteiger partial charge in [0.05, 0.1) is 0 Å². The summed E-state index contributed by atoms with van der Waals surface area (Å²) in [4.78, 5) is 21.2. The molecule has 0 aromatic carbocycles. The SMILES string of the molecule is Cc1cc(Br)cnc1N1CCC(N(C)C(=O)C(C)(C)C)CC1. The van der Waals surface area contributed by atoms with E-state index in [0.717, 1.165) is 36.2 Å². The zero-order chi connectivity index (χ0) is 16.5. The van der Waals surface area contributed by atoms with Crippen molar-refractivity contribution in [3.63, 3.8) is 0 Å². The van der Waals surface area contributed by atoms with Gasteiger partial charge in [-0.25, -0.2) is 4.98 Å². The molecule has 1 aromatic heterocycles. The molecule has 0 N–H and O–H groups in total. The van der Waals surface area contributed by atoms with Gasteiger partial charge in [-0.1, -0.05) is 20.8 Å². The fourth-order valence-electron chi connectivity index (χ4n) is 3.02. The topological polar surface area (TPSA) is 36.4 Å². The van der Waals surface area contributed by atoms with Crippen molar-refractivity contribution in [2.24, 2.45) is 5.41 Å². The zero-order valence-corrected chi connectivity index (χ0v) is 15.8. The third-order valence-corrected chi connectivity index (χ3v) is 4.72. The number of anilines is 1. The van der Waals surface area contributed by atoms with Crippen LogP contribution in [0.1, 0.15) is 39.2 Å². The number of aryl methyl sites for hydroxylation is 1. The minimum atomic E-state index is -0.310. The van der Waals surface area contributed by atoms with E-state index < -0.39 is 0 Å². The quantitative estimate of drug-likeness (QED) is 0.800. The summed E-state index contributed by atoms with van der Waals surface area (Å²) < 4.78 is 1.01. The largest absolute Gasteiger partial charge is 0.356 e. The molecule has 5 heteroatoms. The van der Waals surface area contributed by atoms with Crippen LogP contribution in [0.3, 0.4) is 0 Å². The molecule has 2 heterocycles. The number of nitrogens with zero attached hydrogens (tertiary/aromatic N) is 3. The van der Waals surface area contributed by atoms with Crippen molar-refractivity contribution >= 4 is 27.7 Å². The number of carbonyl (C=O) groups excluding carboxylic acids is 1. The smallest absolute Gasteiger partial charge is 0.227 e. The number of amides is 1. The van der Waals surface area contributed by atoms with Crippen LogP contribution in [0.4, 0.5) is 5.82 Å². The summed E-state index contributed by atoms with van der Waals surface area (Å²) in [6, 6.07) is 2.43. The number of aromatic nitrogens is 1. The van der Waals surface area contributed by atoms with Crippen molar-refractivity contribution in [2.75, 3.05) is 25.0 Å².